The van der Waals surface area contributed by atoms with Gasteiger partial charge in [-0.2, -0.15) is 0 Å². The molecule has 0 N–H and O–H groups in total. The third kappa shape index (κ3) is 2.79. The Kier molecular flexibility index (Phi) is 3.69. The van der Waals surface area contributed by atoms with E-state index in [1.165, 1.54) is 5.56 Å². The van der Waals surface area contributed by atoms with Gasteiger partial charge in [0.1, 0.15) is 12.4 Å². The first-order chi connectivity index (χ1) is 10.3. The van der Waals surface area contributed by atoms with Crippen molar-refractivity contribution in [2.24, 2.45) is 0 Å². The molecule has 3 rings (SSSR count). The van der Waals surface area contributed by atoms with Crippen LogP contribution in [-0.4, -0.2) is 6.29 Å². The van der Waals surface area contributed by atoms with Crippen molar-refractivity contribution in [1.29, 1.82) is 0 Å². The van der Waals surface area contributed by atoms with Crippen molar-refractivity contribution in [3.8, 4) is 5.75 Å². The number of benzene rings is 3. The van der Waals surface area contributed by atoms with Crippen LogP contribution < -0.4 is 4.74 Å². The fourth-order valence-electron chi connectivity index (χ4n) is 2.49. The van der Waals surface area contributed by atoms with Gasteiger partial charge in [-0.15, -0.1) is 0 Å². The zero-order valence-corrected chi connectivity index (χ0v) is 11.9. The minimum absolute atomic E-state index is 0.459. The van der Waals surface area contributed by atoms with Crippen LogP contribution >= 0.6 is 0 Å². The molecule has 104 valence electrons. The van der Waals surface area contributed by atoms with Crippen molar-refractivity contribution in [2.45, 2.75) is 13.5 Å². The third-order valence-corrected chi connectivity index (χ3v) is 3.53. The van der Waals surface area contributed by atoms with Crippen LogP contribution in [0, 0.1) is 6.92 Å². The zero-order chi connectivity index (χ0) is 14.7. The third-order valence-electron chi connectivity index (χ3n) is 3.53. The van der Waals surface area contributed by atoms with Gasteiger partial charge in [-0.3, -0.25) is 4.79 Å². The summed E-state index contributed by atoms with van der Waals surface area (Å²) < 4.78 is 5.85. The number of rotatable bonds is 4. The highest BCUT2D eigenvalue weighted by molar-refractivity contribution is 6.00. The van der Waals surface area contributed by atoms with E-state index in [2.05, 4.69) is 19.1 Å². The molecule has 0 aliphatic heterocycles. The standard InChI is InChI=1S/C19H16O2/c1-14-5-4-6-15(11-14)13-21-19-10-9-16-7-2-3-8-17(16)18(19)12-20/h2-12H,13H2,1H3. The predicted molar refractivity (Wildman–Crippen MR) is 84.8 cm³/mol. The number of fused-ring (bicyclic) bond motifs is 1. The molecule has 0 spiro atoms. The van der Waals surface area contributed by atoms with Crippen LogP contribution in [0.5, 0.6) is 5.75 Å². The first-order valence-electron chi connectivity index (χ1n) is 6.93. The maximum absolute atomic E-state index is 11.4. The predicted octanol–water partition coefficient (Wildman–Crippen LogP) is 4.54. The molecule has 0 saturated heterocycles. The summed E-state index contributed by atoms with van der Waals surface area (Å²) in [6, 6.07) is 19.8. The molecule has 2 nitrogen and oxygen atoms in total. The second-order valence-corrected chi connectivity index (χ2v) is 5.09. The molecule has 0 unspecified atom stereocenters. The van der Waals surface area contributed by atoms with Gasteiger partial charge >= 0.3 is 0 Å². The molecular weight excluding hydrogens is 260 g/mol. The van der Waals surface area contributed by atoms with Crippen molar-refractivity contribution < 1.29 is 9.53 Å². The topological polar surface area (TPSA) is 26.3 Å². The van der Waals surface area contributed by atoms with Gasteiger partial charge in [0.2, 0.25) is 0 Å². The SMILES string of the molecule is Cc1cccc(COc2ccc3ccccc3c2C=O)c1. The molecule has 0 saturated carbocycles. The van der Waals surface area contributed by atoms with E-state index in [4.69, 9.17) is 4.74 Å². The Labute approximate surface area is 124 Å². The Hall–Kier alpha value is -2.61. The quantitative estimate of drug-likeness (QED) is 0.654. The molecular formula is C19H16O2. The molecule has 0 aliphatic carbocycles. The summed E-state index contributed by atoms with van der Waals surface area (Å²) in [5.41, 5.74) is 2.91. The Morgan fingerprint density at radius 2 is 1.86 bits per heavy atom. The molecule has 0 aliphatic rings. The second-order valence-electron chi connectivity index (χ2n) is 5.09. The zero-order valence-electron chi connectivity index (χ0n) is 11.9. The number of carbonyl (C=O) groups excluding carboxylic acids is 1. The molecule has 0 bridgehead atoms. The van der Waals surface area contributed by atoms with Gasteiger partial charge in [0, 0.05) is 0 Å². The lowest BCUT2D eigenvalue weighted by atomic mass is 10.0. The van der Waals surface area contributed by atoms with E-state index < -0.39 is 0 Å². The molecule has 21 heavy (non-hydrogen) atoms. The summed E-state index contributed by atoms with van der Waals surface area (Å²) >= 11 is 0. The van der Waals surface area contributed by atoms with Crippen LogP contribution in [-0.2, 0) is 6.61 Å². The normalized spacial score (nSPS) is 10.5. The van der Waals surface area contributed by atoms with Gasteiger partial charge < -0.3 is 4.74 Å². The highest BCUT2D eigenvalue weighted by Crippen LogP contribution is 2.27. The van der Waals surface area contributed by atoms with Gasteiger partial charge in [-0.05, 0) is 29.3 Å². The van der Waals surface area contributed by atoms with Gasteiger partial charge in [0.25, 0.3) is 0 Å². The average Bonchev–Trinajstić information content (AvgIpc) is 2.52. The van der Waals surface area contributed by atoms with E-state index in [1.807, 2.05) is 48.5 Å². The molecule has 2 heteroatoms. The molecule has 0 fully saturated rings. The van der Waals surface area contributed by atoms with E-state index in [0.29, 0.717) is 17.9 Å². The van der Waals surface area contributed by atoms with Crippen LogP contribution in [0.15, 0.2) is 60.7 Å². The number of aryl methyl sites for hydroxylation is 1. The Bertz CT molecular complexity index is 790. The van der Waals surface area contributed by atoms with Gasteiger partial charge in [0.15, 0.2) is 6.29 Å². The summed E-state index contributed by atoms with van der Waals surface area (Å²) in [7, 11) is 0. The van der Waals surface area contributed by atoms with Crippen molar-refractivity contribution in [3.05, 3.63) is 77.4 Å². The van der Waals surface area contributed by atoms with Gasteiger partial charge in [-0.1, -0.05) is 60.2 Å². The summed E-state index contributed by atoms with van der Waals surface area (Å²) in [5.74, 6) is 0.630. The average molecular weight is 276 g/mol. The lowest BCUT2D eigenvalue weighted by molar-refractivity contribution is 0.112. The summed E-state index contributed by atoms with van der Waals surface area (Å²) in [6.07, 6.45) is 0.869. The van der Waals surface area contributed by atoms with E-state index in [-0.39, 0.29) is 0 Å². The Balaban J connectivity index is 1.92. The molecule has 0 radical (unpaired) electrons. The Morgan fingerprint density at radius 3 is 2.67 bits per heavy atom. The molecule has 3 aromatic carbocycles. The number of aldehydes is 1. The minimum atomic E-state index is 0.459. The van der Waals surface area contributed by atoms with Crippen LogP contribution in [0.25, 0.3) is 10.8 Å². The number of carbonyl (C=O) groups is 1. The maximum atomic E-state index is 11.4. The highest BCUT2D eigenvalue weighted by Gasteiger charge is 2.08. The largest absolute Gasteiger partial charge is 0.488 e. The molecule has 0 amide bonds. The fraction of sp³-hybridized carbons (Fsp3) is 0.105. The maximum Gasteiger partial charge on any atom is 0.154 e. The van der Waals surface area contributed by atoms with E-state index >= 15 is 0 Å². The lowest BCUT2D eigenvalue weighted by Crippen LogP contribution is -1.99. The van der Waals surface area contributed by atoms with Crippen LogP contribution in [0.3, 0.4) is 0 Å². The van der Waals surface area contributed by atoms with Gasteiger partial charge in [0.05, 0.1) is 5.56 Å². The fourth-order valence-corrected chi connectivity index (χ4v) is 2.49. The monoisotopic (exact) mass is 276 g/mol. The van der Waals surface area contributed by atoms with Crippen molar-refractivity contribution in [2.75, 3.05) is 0 Å². The van der Waals surface area contributed by atoms with Crippen molar-refractivity contribution >= 4 is 17.1 Å². The first-order valence-corrected chi connectivity index (χ1v) is 6.93. The van der Waals surface area contributed by atoms with Crippen LogP contribution in [0.2, 0.25) is 0 Å². The molecule has 0 heterocycles. The molecule has 0 atom stereocenters. The van der Waals surface area contributed by atoms with Gasteiger partial charge in [-0.25, -0.2) is 0 Å². The first kappa shape index (κ1) is 13.4. The minimum Gasteiger partial charge on any atom is -0.488 e. The number of ether oxygens (including phenoxy) is 1. The lowest BCUT2D eigenvalue weighted by Gasteiger charge is -2.11. The summed E-state index contributed by atoms with van der Waals surface area (Å²) in [5, 5.41) is 1.97. The highest BCUT2D eigenvalue weighted by atomic mass is 16.5. The van der Waals surface area contributed by atoms with Crippen molar-refractivity contribution in [3.63, 3.8) is 0 Å². The van der Waals surface area contributed by atoms with Crippen LogP contribution in [0.4, 0.5) is 0 Å². The smallest absolute Gasteiger partial charge is 0.154 e. The summed E-state index contributed by atoms with van der Waals surface area (Å²) in [4.78, 5) is 11.4. The van der Waals surface area contributed by atoms with E-state index in [1.54, 1.807) is 0 Å². The van der Waals surface area contributed by atoms with E-state index in [9.17, 15) is 4.79 Å². The number of hydrogen-bond donors (Lipinski definition) is 0. The van der Waals surface area contributed by atoms with Crippen LogP contribution in [0.1, 0.15) is 21.5 Å². The van der Waals surface area contributed by atoms with E-state index in [0.717, 1.165) is 22.6 Å². The number of hydrogen-bond acceptors (Lipinski definition) is 2. The van der Waals surface area contributed by atoms with Crippen molar-refractivity contribution in [1.82, 2.24) is 0 Å². The second kappa shape index (κ2) is 5.80. The molecule has 0 aromatic heterocycles. The Morgan fingerprint density at radius 1 is 1.00 bits per heavy atom. The molecule has 3 aromatic rings. The summed E-state index contributed by atoms with van der Waals surface area (Å²) in [6.45, 7) is 2.51.